The molecule has 0 bridgehead atoms. The molecule has 0 saturated carbocycles. The van der Waals surface area contributed by atoms with Crippen LogP contribution in [0.5, 0.6) is 0 Å². The molecule has 0 saturated heterocycles. The van der Waals surface area contributed by atoms with Gasteiger partial charge in [-0.2, -0.15) is 0 Å². The van der Waals surface area contributed by atoms with Gasteiger partial charge in [-0.05, 0) is 32.0 Å². The second-order valence-electron chi connectivity index (χ2n) is 4.53. The van der Waals surface area contributed by atoms with E-state index in [0.717, 1.165) is 17.2 Å². The molecule has 1 aromatic heterocycles. The molecule has 0 fully saturated rings. The van der Waals surface area contributed by atoms with Crippen LogP contribution in [0.15, 0.2) is 30.6 Å². The van der Waals surface area contributed by atoms with E-state index in [-0.39, 0.29) is 11.9 Å². The molecule has 19 heavy (non-hydrogen) atoms. The predicted octanol–water partition coefficient (Wildman–Crippen LogP) is 1.25. The number of nitrogens with zero attached hydrogens (tertiary/aromatic N) is 3. The minimum absolute atomic E-state index is 0.0902. The normalized spacial score (nSPS) is 12.2. The summed E-state index contributed by atoms with van der Waals surface area (Å²) in [6, 6.07) is 7.36. The number of benzene rings is 1. The van der Waals surface area contributed by atoms with Crippen LogP contribution in [0.1, 0.15) is 19.2 Å². The van der Waals surface area contributed by atoms with Crippen LogP contribution in [0.4, 0.5) is 5.69 Å². The lowest BCUT2D eigenvalue weighted by Crippen LogP contribution is -2.24. The van der Waals surface area contributed by atoms with E-state index in [4.69, 9.17) is 5.73 Å². The van der Waals surface area contributed by atoms with E-state index in [9.17, 15) is 4.79 Å². The average Bonchev–Trinajstić information content (AvgIpc) is 2.74. The molecular formula is C13H17N5O. The number of hydrogen-bond acceptors (Lipinski definition) is 4. The summed E-state index contributed by atoms with van der Waals surface area (Å²) in [6.07, 6.45) is 1.94. The maximum Gasteiger partial charge on any atom is 0.225 e. The van der Waals surface area contributed by atoms with Crippen LogP contribution in [0, 0.1) is 6.92 Å². The van der Waals surface area contributed by atoms with Crippen molar-refractivity contribution in [2.75, 3.05) is 5.32 Å². The first-order valence-electron chi connectivity index (χ1n) is 6.09. The zero-order chi connectivity index (χ0) is 13.8. The summed E-state index contributed by atoms with van der Waals surface area (Å²) in [4.78, 5) is 11.7. The molecule has 6 heteroatoms. The van der Waals surface area contributed by atoms with Gasteiger partial charge in [-0.3, -0.25) is 9.36 Å². The first kappa shape index (κ1) is 13.2. The van der Waals surface area contributed by atoms with Gasteiger partial charge in [-0.15, -0.1) is 10.2 Å². The summed E-state index contributed by atoms with van der Waals surface area (Å²) < 4.78 is 1.85. The van der Waals surface area contributed by atoms with Crippen molar-refractivity contribution in [3.05, 3.63) is 36.4 Å². The van der Waals surface area contributed by atoms with Gasteiger partial charge in [-0.25, -0.2) is 0 Å². The SMILES string of the molecule is Cc1nncn1-c1cccc(NC(=O)CC(C)N)c1. The van der Waals surface area contributed by atoms with Crippen LogP contribution in [0.3, 0.4) is 0 Å². The number of carbonyl (C=O) groups is 1. The molecule has 100 valence electrons. The van der Waals surface area contributed by atoms with Crippen LogP contribution in [0.25, 0.3) is 5.69 Å². The molecule has 1 unspecified atom stereocenters. The maximum atomic E-state index is 11.7. The van der Waals surface area contributed by atoms with Gasteiger partial charge in [0.1, 0.15) is 12.2 Å². The van der Waals surface area contributed by atoms with Gasteiger partial charge in [0.05, 0.1) is 5.69 Å². The van der Waals surface area contributed by atoms with Crippen molar-refractivity contribution in [1.29, 1.82) is 0 Å². The topological polar surface area (TPSA) is 85.8 Å². The Morgan fingerprint density at radius 2 is 2.32 bits per heavy atom. The first-order valence-corrected chi connectivity index (χ1v) is 6.09. The van der Waals surface area contributed by atoms with Gasteiger partial charge in [-0.1, -0.05) is 6.07 Å². The van der Waals surface area contributed by atoms with Crippen molar-refractivity contribution in [1.82, 2.24) is 14.8 Å². The second-order valence-corrected chi connectivity index (χ2v) is 4.53. The molecular weight excluding hydrogens is 242 g/mol. The van der Waals surface area contributed by atoms with Crippen molar-refractivity contribution in [2.45, 2.75) is 26.3 Å². The number of rotatable bonds is 4. The summed E-state index contributed by atoms with van der Waals surface area (Å²) in [6.45, 7) is 3.67. The van der Waals surface area contributed by atoms with Gasteiger partial charge in [0.15, 0.2) is 0 Å². The number of aryl methyl sites for hydroxylation is 1. The third kappa shape index (κ3) is 3.38. The summed E-state index contributed by atoms with van der Waals surface area (Å²) >= 11 is 0. The maximum absolute atomic E-state index is 11.7. The molecule has 3 N–H and O–H groups in total. The lowest BCUT2D eigenvalue weighted by atomic mass is 10.2. The molecule has 6 nitrogen and oxygen atoms in total. The summed E-state index contributed by atoms with van der Waals surface area (Å²) in [5, 5.41) is 10.6. The fourth-order valence-electron chi connectivity index (χ4n) is 1.78. The third-order valence-corrected chi connectivity index (χ3v) is 2.63. The molecule has 0 aliphatic heterocycles. The van der Waals surface area contributed by atoms with E-state index >= 15 is 0 Å². The summed E-state index contributed by atoms with van der Waals surface area (Å²) in [7, 11) is 0. The van der Waals surface area contributed by atoms with Gasteiger partial charge in [0.25, 0.3) is 0 Å². The molecule has 2 rings (SSSR count). The van der Waals surface area contributed by atoms with Crippen LogP contribution in [-0.4, -0.2) is 26.7 Å². The number of anilines is 1. The highest BCUT2D eigenvalue weighted by Crippen LogP contribution is 2.15. The number of nitrogens with two attached hydrogens (primary N) is 1. The Balaban J connectivity index is 2.16. The number of carbonyl (C=O) groups excluding carboxylic acids is 1. The van der Waals surface area contributed by atoms with Gasteiger partial charge in [0.2, 0.25) is 5.91 Å². The van der Waals surface area contributed by atoms with Crippen molar-refractivity contribution in [3.8, 4) is 5.69 Å². The number of amides is 1. The monoisotopic (exact) mass is 259 g/mol. The van der Waals surface area contributed by atoms with Crippen LogP contribution in [-0.2, 0) is 4.79 Å². The Hall–Kier alpha value is -2.21. The van der Waals surface area contributed by atoms with Crippen molar-refractivity contribution < 1.29 is 4.79 Å². The van der Waals surface area contributed by atoms with Crippen LogP contribution >= 0.6 is 0 Å². The molecule has 0 radical (unpaired) electrons. The third-order valence-electron chi connectivity index (χ3n) is 2.63. The molecule has 0 aliphatic carbocycles. The second kappa shape index (κ2) is 5.62. The standard InChI is InChI=1S/C13H17N5O/c1-9(14)6-13(19)16-11-4-3-5-12(7-11)18-8-15-17-10(18)2/h3-5,7-9H,6,14H2,1-2H3,(H,16,19). The number of nitrogens with one attached hydrogen (secondary N) is 1. The number of hydrogen-bond donors (Lipinski definition) is 2. The van der Waals surface area contributed by atoms with E-state index in [2.05, 4.69) is 15.5 Å². The minimum atomic E-state index is -0.150. The largest absolute Gasteiger partial charge is 0.327 e. The lowest BCUT2D eigenvalue weighted by molar-refractivity contribution is -0.116. The highest BCUT2D eigenvalue weighted by Gasteiger charge is 2.07. The first-order chi connectivity index (χ1) is 9.06. The molecule has 1 aromatic carbocycles. The van der Waals surface area contributed by atoms with E-state index in [1.54, 1.807) is 13.3 Å². The van der Waals surface area contributed by atoms with Crippen molar-refractivity contribution in [3.63, 3.8) is 0 Å². The smallest absolute Gasteiger partial charge is 0.225 e. The molecule has 1 amide bonds. The van der Waals surface area contributed by atoms with Crippen molar-refractivity contribution >= 4 is 11.6 Å². The average molecular weight is 259 g/mol. The Labute approximate surface area is 111 Å². The molecule has 0 spiro atoms. The van der Waals surface area contributed by atoms with Gasteiger partial charge in [0, 0.05) is 18.2 Å². The highest BCUT2D eigenvalue weighted by atomic mass is 16.1. The quantitative estimate of drug-likeness (QED) is 0.865. The minimum Gasteiger partial charge on any atom is -0.327 e. The summed E-state index contributed by atoms with van der Waals surface area (Å²) in [5.74, 6) is 0.701. The fraction of sp³-hybridized carbons (Fsp3) is 0.308. The van der Waals surface area contributed by atoms with Crippen LogP contribution < -0.4 is 11.1 Å². The van der Waals surface area contributed by atoms with Crippen LogP contribution in [0.2, 0.25) is 0 Å². The molecule has 0 aliphatic rings. The predicted molar refractivity (Wildman–Crippen MR) is 73.0 cm³/mol. The van der Waals surface area contributed by atoms with E-state index in [1.165, 1.54) is 0 Å². The zero-order valence-corrected chi connectivity index (χ0v) is 11.0. The Morgan fingerprint density at radius 1 is 1.53 bits per heavy atom. The van der Waals surface area contributed by atoms with E-state index in [1.807, 2.05) is 35.8 Å². The van der Waals surface area contributed by atoms with Crippen molar-refractivity contribution in [2.24, 2.45) is 5.73 Å². The van der Waals surface area contributed by atoms with Gasteiger partial charge < -0.3 is 11.1 Å². The molecule has 2 aromatic rings. The fourth-order valence-corrected chi connectivity index (χ4v) is 1.78. The van der Waals surface area contributed by atoms with E-state index < -0.39 is 0 Å². The summed E-state index contributed by atoms with van der Waals surface area (Å²) in [5.41, 5.74) is 7.23. The molecule has 1 heterocycles. The highest BCUT2D eigenvalue weighted by molar-refractivity contribution is 5.91. The zero-order valence-electron chi connectivity index (χ0n) is 11.0. The molecule has 1 atom stereocenters. The lowest BCUT2D eigenvalue weighted by Gasteiger charge is -2.09. The van der Waals surface area contributed by atoms with Gasteiger partial charge >= 0.3 is 0 Å². The van der Waals surface area contributed by atoms with E-state index in [0.29, 0.717) is 6.42 Å². The Bertz CT molecular complexity index is 576. The Kier molecular flexibility index (Phi) is 3.91. The Morgan fingerprint density at radius 3 is 2.95 bits per heavy atom. The number of aromatic nitrogens is 3.